The number of ether oxygens (including phenoxy) is 1. The van der Waals surface area contributed by atoms with Gasteiger partial charge in [0.05, 0.1) is 17.2 Å². The van der Waals surface area contributed by atoms with Crippen LogP contribution in [0.25, 0.3) is 0 Å². The van der Waals surface area contributed by atoms with Gasteiger partial charge in [-0.1, -0.05) is 18.5 Å². The van der Waals surface area contributed by atoms with Crippen LogP contribution in [0.4, 0.5) is 4.39 Å². The number of nitrogens with one attached hydrogen (secondary N) is 1. The molecule has 28 heavy (non-hydrogen) atoms. The van der Waals surface area contributed by atoms with Gasteiger partial charge in [-0.2, -0.15) is 5.26 Å². The number of hydrogen-bond donors (Lipinski definition) is 1. The van der Waals surface area contributed by atoms with Crippen molar-refractivity contribution < 1.29 is 9.13 Å². The lowest BCUT2D eigenvalue weighted by atomic mass is 10.00. The second kappa shape index (κ2) is 11.6. The topological polar surface area (TPSA) is 70.8 Å². The van der Waals surface area contributed by atoms with Crippen molar-refractivity contribution in [2.45, 2.75) is 26.2 Å². The van der Waals surface area contributed by atoms with Crippen molar-refractivity contribution in [2.75, 3.05) is 20.2 Å². The van der Waals surface area contributed by atoms with E-state index < -0.39 is 5.82 Å². The van der Waals surface area contributed by atoms with Gasteiger partial charge in [-0.15, -0.1) is 0 Å². The Kier molecular flexibility index (Phi) is 9.12. The van der Waals surface area contributed by atoms with Crippen LogP contribution in [0.2, 0.25) is 5.02 Å². The summed E-state index contributed by atoms with van der Waals surface area (Å²) in [6.07, 6.45) is 8.04. The van der Waals surface area contributed by atoms with E-state index in [2.05, 4.69) is 22.2 Å². The molecule has 0 aliphatic heterocycles. The molecule has 150 valence electrons. The van der Waals surface area contributed by atoms with Crippen LogP contribution in [-0.2, 0) is 0 Å². The number of nitriles is 1. The van der Waals surface area contributed by atoms with Crippen LogP contribution >= 0.6 is 11.6 Å². The third-order valence-corrected chi connectivity index (χ3v) is 5.10. The summed E-state index contributed by atoms with van der Waals surface area (Å²) in [5, 5.41) is 12.4. The zero-order valence-corrected chi connectivity index (χ0v) is 17.0. The van der Waals surface area contributed by atoms with Gasteiger partial charge in [0, 0.05) is 18.5 Å². The van der Waals surface area contributed by atoms with Crippen LogP contribution in [0.3, 0.4) is 0 Å². The first kappa shape index (κ1) is 22.1. The Morgan fingerprint density at radius 2 is 2.14 bits per heavy atom. The molecule has 7 heteroatoms. The van der Waals surface area contributed by atoms with Crippen LogP contribution < -0.4 is 10.1 Å². The molecule has 1 aromatic heterocycles. The fourth-order valence-electron chi connectivity index (χ4n) is 3.17. The van der Waals surface area contributed by atoms with Gasteiger partial charge in [-0.05, 0) is 62.7 Å². The van der Waals surface area contributed by atoms with Crippen molar-refractivity contribution in [3.63, 3.8) is 0 Å². The molecule has 1 heterocycles. The van der Waals surface area contributed by atoms with E-state index in [0.717, 1.165) is 30.7 Å². The molecule has 1 aliphatic rings. The van der Waals surface area contributed by atoms with Crippen LogP contribution in [-0.4, -0.2) is 30.2 Å². The summed E-state index contributed by atoms with van der Waals surface area (Å²) in [7, 11) is 1.99. The Hall–Kier alpha value is -2.23. The maximum absolute atomic E-state index is 13.4. The lowest BCUT2D eigenvalue weighted by Crippen LogP contribution is -2.13. The predicted octanol–water partition coefficient (Wildman–Crippen LogP) is 4.48. The Balaban J connectivity index is 0.000000336. The first-order chi connectivity index (χ1) is 13.5. The number of benzene rings is 1. The van der Waals surface area contributed by atoms with Gasteiger partial charge >= 0.3 is 0 Å². The standard InChI is InChI=1S/C17H23FN2O.C4H3ClN2/c1-12(5-7-20-2)16-9-13(16)6-8-21-15-4-3-14(11-19)17(18)10-15;5-4-1-6-3-7-2-4/h3-4,10,12-13,16,20H,5-9H2,1-2H3;1-3H. The third kappa shape index (κ3) is 7.41. The van der Waals surface area contributed by atoms with Gasteiger partial charge < -0.3 is 10.1 Å². The first-order valence-electron chi connectivity index (χ1n) is 9.42. The van der Waals surface area contributed by atoms with Crippen LogP contribution in [0.15, 0.2) is 36.9 Å². The van der Waals surface area contributed by atoms with E-state index in [-0.39, 0.29) is 5.56 Å². The predicted molar refractivity (Wildman–Crippen MR) is 108 cm³/mol. The molecule has 0 bridgehead atoms. The van der Waals surface area contributed by atoms with Crippen molar-refractivity contribution >= 4 is 11.6 Å². The monoisotopic (exact) mass is 404 g/mol. The van der Waals surface area contributed by atoms with Gasteiger partial charge in [0.2, 0.25) is 0 Å². The Bertz CT molecular complexity index is 769. The van der Waals surface area contributed by atoms with E-state index in [0.29, 0.717) is 17.4 Å². The number of rotatable bonds is 8. The SMILES string of the molecule is CNCCC(C)C1CC1CCOc1ccc(C#N)c(F)c1.Clc1cncnc1. The highest BCUT2D eigenvalue weighted by Crippen LogP contribution is 2.47. The number of aromatic nitrogens is 2. The highest BCUT2D eigenvalue weighted by atomic mass is 35.5. The van der Waals surface area contributed by atoms with Crippen molar-refractivity contribution in [1.29, 1.82) is 5.26 Å². The largest absolute Gasteiger partial charge is 0.493 e. The highest BCUT2D eigenvalue weighted by Gasteiger charge is 2.39. The van der Waals surface area contributed by atoms with E-state index in [1.807, 2.05) is 7.05 Å². The van der Waals surface area contributed by atoms with Gasteiger partial charge in [0.1, 0.15) is 24.0 Å². The van der Waals surface area contributed by atoms with E-state index in [1.54, 1.807) is 12.1 Å². The van der Waals surface area contributed by atoms with Crippen molar-refractivity contribution in [1.82, 2.24) is 15.3 Å². The summed E-state index contributed by atoms with van der Waals surface area (Å²) in [5.74, 6) is 2.32. The molecule has 1 aliphatic carbocycles. The highest BCUT2D eigenvalue weighted by molar-refractivity contribution is 6.30. The number of hydrogen-bond acceptors (Lipinski definition) is 5. The summed E-state index contributed by atoms with van der Waals surface area (Å²) in [5.41, 5.74) is 0.0583. The summed E-state index contributed by atoms with van der Waals surface area (Å²) < 4.78 is 19.0. The Morgan fingerprint density at radius 3 is 2.71 bits per heavy atom. The van der Waals surface area contributed by atoms with Crippen LogP contribution in [0.5, 0.6) is 5.75 Å². The molecule has 5 nitrogen and oxygen atoms in total. The quantitative estimate of drug-likeness (QED) is 0.702. The van der Waals surface area contributed by atoms with Crippen molar-refractivity contribution in [3.8, 4) is 11.8 Å². The van der Waals surface area contributed by atoms with Gasteiger partial charge in [-0.3, -0.25) is 0 Å². The summed E-state index contributed by atoms with van der Waals surface area (Å²) >= 11 is 5.41. The van der Waals surface area contributed by atoms with E-state index in [1.165, 1.54) is 43.7 Å². The van der Waals surface area contributed by atoms with E-state index in [4.69, 9.17) is 21.6 Å². The normalized spacial score (nSPS) is 18.4. The lowest BCUT2D eigenvalue weighted by molar-refractivity contribution is 0.291. The molecule has 3 unspecified atom stereocenters. The minimum Gasteiger partial charge on any atom is -0.493 e. The fraction of sp³-hybridized carbons (Fsp3) is 0.476. The first-order valence-corrected chi connectivity index (χ1v) is 9.80. The number of halogens is 2. The molecule has 0 amide bonds. The fourth-order valence-corrected chi connectivity index (χ4v) is 3.28. The van der Waals surface area contributed by atoms with Crippen LogP contribution in [0.1, 0.15) is 31.7 Å². The third-order valence-electron chi connectivity index (χ3n) is 4.91. The molecule has 1 aromatic carbocycles. The van der Waals surface area contributed by atoms with E-state index >= 15 is 0 Å². The second-order valence-electron chi connectivity index (χ2n) is 6.98. The zero-order chi connectivity index (χ0) is 20.4. The molecule has 0 radical (unpaired) electrons. The molecule has 1 fully saturated rings. The van der Waals surface area contributed by atoms with Gasteiger partial charge in [0.25, 0.3) is 0 Å². The van der Waals surface area contributed by atoms with Gasteiger partial charge in [0.15, 0.2) is 0 Å². The molecular weight excluding hydrogens is 379 g/mol. The number of nitrogens with zero attached hydrogens (tertiary/aromatic N) is 3. The summed E-state index contributed by atoms with van der Waals surface area (Å²) in [4.78, 5) is 7.28. The van der Waals surface area contributed by atoms with Crippen molar-refractivity contribution in [2.24, 2.45) is 17.8 Å². The molecule has 3 rings (SSSR count). The van der Waals surface area contributed by atoms with E-state index in [9.17, 15) is 4.39 Å². The molecule has 1 saturated carbocycles. The molecule has 0 spiro atoms. The van der Waals surface area contributed by atoms with Gasteiger partial charge in [-0.25, -0.2) is 14.4 Å². The summed E-state index contributed by atoms with van der Waals surface area (Å²) in [6.45, 7) is 4.01. The molecule has 3 atom stereocenters. The smallest absolute Gasteiger partial charge is 0.144 e. The molecule has 1 N–H and O–H groups in total. The maximum atomic E-state index is 13.4. The zero-order valence-electron chi connectivity index (χ0n) is 16.2. The Morgan fingerprint density at radius 1 is 1.39 bits per heavy atom. The average Bonchev–Trinajstić information content (AvgIpc) is 3.47. The lowest BCUT2D eigenvalue weighted by Gasteiger charge is -2.11. The summed E-state index contributed by atoms with van der Waals surface area (Å²) in [6, 6.07) is 6.21. The average molecular weight is 405 g/mol. The minimum atomic E-state index is -0.514. The Labute approximate surface area is 170 Å². The second-order valence-corrected chi connectivity index (χ2v) is 7.41. The van der Waals surface area contributed by atoms with Crippen LogP contribution in [0, 0.1) is 34.9 Å². The molecular formula is C21H26ClFN4O. The van der Waals surface area contributed by atoms with Crippen molar-refractivity contribution in [3.05, 3.63) is 53.3 Å². The molecule has 2 aromatic rings. The molecule has 0 saturated heterocycles. The minimum absolute atomic E-state index is 0.0583. The maximum Gasteiger partial charge on any atom is 0.144 e.